The maximum Gasteiger partial charge on any atom is 0.860 e. The van der Waals surface area contributed by atoms with E-state index in [4.69, 9.17) is 26.5 Å². The Morgan fingerprint density at radius 3 is 1.06 bits per heavy atom. The number of ether oxygens (including phenoxy) is 4. The molecule has 0 N–H and O–H groups in total. The van der Waals surface area contributed by atoms with Crippen LogP contribution in [0.2, 0.25) is 5.28 Å². The van der Waals surface area contributed by atoms with Crippen molar-refractivity contribution in [3.63, 3.8) is 0 Å². The Morgan fingerprint density at radius 2 is 0.848 bits per heavy atom. The lowest BCUT2D eigenvalue weighted by molar-refractivity contribution is -0.191. The van der Waals surface area contributed by atoms with E-state index in [-0.39, 0.29) is 29.7 Å². The molecule has 0 bridgehead atoms. The second-order valence-electron chi connectivity index (χ2n) is 8.51. The fraction of sp³-hybridized carbons (Fsp3) is 0.818. The number of carbonyl (C=O) groups is 4. The van der Waals surface area contributed by atoms with Crippen LogP contribution in [0.5, 0.6) is 0 Å². The summed E-state index contributed by atoms with van der Waals surface area (Å²) in [6.45, 7) is 15.6. The lowest BCUT2D eigenvalue weighted by atomic mass is 10.2. The van der Waals surface area contributed by atoms with Crippen LogP contribution in [-0.2, 0) is 45.7 Å². The molecule has 0 aromatic heterocycles. The minimum absolute atomic E-state index is 0.267. The SMILES string of the molecule is C[CH2][Al]([O]C(=O)CC(=O)C(OC(C)C)OC(C)C)[O]C(=O)CC(=O)C(OC(C)C)OC(C)C. The van der Waals surface area contributed by atoms with Crippen molar-refractivity contribution in [2.75, 3.05) is 0 Å². The Bertz CT molecular complexity index is 561. The molecule has 190 valence electrons. The van der Waals surface area contributed by atoms with Crippen LogP contribution in [0.3, 0.4) is 0 Å². The molecule has 0 fully saturated rings. The number of carbonyl (C=O) groups excluding carboxylic acids is 4. The van der Waals surface area contributed by atoms with Gasteiger partial charge in [-0.25, -0.2) is 0 Å². The van der Waals surface area contributed by atoms with Gasteiger partial charge >= 0.3 is 14.8 Å². The molecule has 0 saturated carbocycles. The molecule has 0 heterocycles. The zero-order chi connectivity index (χ0) is 25.7. The van der Waals surface area contributed by atoms with Gasteiger partial charge in [0.15, 0.2) is 11.6 Å². The fourth-order valence-corrected chi connectivity index (χ4v) is 3.51. The molecule has 0 aromatic rings. The molecule has 0 amide bonds. The molecule has 0 aromatic carbocycles. The average Bonchev–Trinajstić information content (AvgIpc) is 2.64. The van der Waals surface area contributed by atoms with E-state index in [9.17, 15) is 19.2 Å². The molecule has 0 aliphatic carbocycles. The van der Waals surface area contributed by atoms with Gasteiger partial charge in [0.25, 0.3) is 11.9 Å². The van der Waals surface area contributed by atoms with E-state index in [2.05, 4.69) is 0 Å². The molecule has 0 atom stereocenters. The highest BCUT2D eigenvalue weighted by atomic mass is 27.2. The first-order valence-electron chi connectivity index (χ1n) is 11.3. The molecule has 0 aliphatic rings. The number of Topliss-reactive ketones (excluding diaryl/α,β-unsaturated/α-hetero) is 2. The first kappa shape index (κ1) is 31.7. The maximum atomic E-state index is 12.4. The van der Waals surface area contributed by atoms with Crippen molar-refractivity contribution in [3.8, 4) is 0 Å². The van der Waals surface area contributed by atoms with Crippen molar-refractivity contribution in [2.45, 2.75) is 117 Å². The Labute approximate surface area is 201 Å². The Balaban J connectivity index is 4.87. The van der Waals surface area contributed by atoms with E-state index >= 15 is 0 Å². The van der Waals surface area contributed by atoms with Gasteiger partial charge in [0.2, 0.25) is 12.6 Å². The van der Waals surface area contributed by atoms with E-state index in [0.29, 0.717) is 0 Å². The van der Waals surface area contributed by atoms with Gasteiger partial charge in [-0.2, -0.15) is 0 Å². The van der Waals surface area contributed by atoms with Gasteiger partial charge in [-0.05, 0) is 60.7 Å². The second kappa shape index (κ2) is 16.3. The summed E-state index contributed by atoms with van der Waals surface area (Å²) in [7, 11) is 0. The van der Waals surface area contributed by atoms with E-state index < -0.39 is 63.7 Å². The summed E-state index contributed by atoms with van der Waals surface area (Å²) in [5.74, 6) is -2.86. The summed E-state index contributed by atoms with van der Waals surface area (Å²) in [4.78, 5) is 49.3. The van der Waals surface area contributed by atoms with Gasteiger partial charge < -0.3 is 26.5 Å². The van der Waals surface area contributed by atoms with E-state index in [0.717, 1.165) is 0 Å². The van der Waals surface area contributed by atoms with E-state index in [1.807, 2.05) is 0 Å². The van der Waals surface area contributed by atoms with Gasteiger partial charge in [-0.3, -0.25) is 19.2 Å². The Hall–Kier alpha value is -1.35. The third kappa shape index (κ3) is 15.2. The molecule has 0 aliphatic heterocycles. The smallest absolute Gasteiger partial charge is 0.585 e. The van der Waals surface area contributed by atoms with Crippen LogP contribution in [0.25, 0.3) is 0 Å². The lowest BCUT2D eigenvalue weighted by Crippen LogP contribution is -2.37. The highest BCUT2D eigenvalue weighted by Crippen LogP contribution is 2.11. The molecule has 0 unspecified atom stereocenters. The third-order valence-corrected chi connectivity index (χ3v) is 5.32. The molecule has 0 rings (SSSR count). The van der Waals surface area contributed by atoms with E-state index in [1.54, 1.807) is 62.3 Å². The topological polar surface area (TPSA) is 124 Å². The summed E-state index contributed by atoms with van der Waals surface area (Å²) in [5.41, 5.74) is 0. The van der Waals surface area contributed by atoms with Crippen LogP contribution in [-0.4, -0.2) is 75.3 Å². The minimum atomic E-state index is -2.79. The van der Waals surface area contributed by atoms with Gasteiger partial charge in [-0.15, -0.1) is 0 Å². The monoisotopic (exact) mass is 490 g/mol. The average molecular weight is 491 g/mol. The first-order chi connectivity index (χ1) is 15.2. The van der Waals surface area contributed by atoms with E-state index in [1.165, 1.54) is 0 Å². The van der Waals surface area contributed by atoms with Crippen LogP contribution in [0, 0.1) is 0 Å². The normalized spacial score (nSPS) is 11.7. The Kier molecular flexibility index (Phi) is 15.6. The van der Waals surface area contributed by atoms with Gasteiger partial charge in [-0.1, -0.05) is 6.92 Å². The zero-order valence-electron chi connectivity index (χ0n) is 21.2. The molecule has 33 heavy (non-hydrogen) atoms. The first-order valence-corrected chi connectivity index (χ1v) is 13.1. The summed E-state index contributed by atoms with van der Waals surface area (Å²) in [5, 5.41) is 0.267. The van der Waals surface area contributed by atoms with Crippen molar-refractivity contribution in [2.24, 2.45) is 0 Å². The molecule has 0 saturated heterocycles. The summed E-state index contributed by atoms with van der Waals surface area (Å²) < 4.78 is 32.1. The molecule has 0 spiro atoms. The van der Waals surface area contributed by atoms with Crippen molar-refractivity contribution < 1.29 is 45.7 Å². The summed E-state index contributed by atoms with van der Waals surface area (Å²) in [6, 6.07) is 0. The van der Waals surface area contributed by atoms with Gasteiger partial charge in [0, 0.05) is 0 Å². The third-order valence-electron chi connectivity index (χ3n) is 3.61. The summed E-state index contributed by atoms with van der Waals surface area (Å²) in [6.07, 6.45) is -4.70. The van der Waals surface area contributed by atoms with Gasteiger partial charge in [0.1, 0.15) is 12.8 Å². The standard InChI is InChI=1S/2C10H18O5.C2H5.Al/c2*1-6(2)14-10(15-7(3)4)8(11)5-9(12)13;1-2;/h2*6-7,10H,5H2,1-4H3,(H,12,13);1H2,2H3;/q;;;+2/p-2. The lowest BCUT2D eigenvalue weighted by Gasteiger charge is -2.22. The second-order valence-corrected chi connectivity index (χ2v) is 10.7. The number of rotatable bonds is 17. The quantitative estimate of drug-likeness (QED) is 0.171. The highest BCUT2D eigenvalue weighted by Gasteiger charge is 2.37. The minimum Gasteiger partial charge on any atom is -0.585 e. The summed E-state index contributed by atoms with van der Waals surface area (Å²) >= 11 is -2.79. The maximum absolute atomic E-state index is 12.4. The van der Waals surface area contributed by atoms with Crippen molar-refractivity contribution in [3.05, 3.63) is 0 Å². The Morgan fingerprint density at radius 1 is 0.576 bits per heavy atom. The predicted molar refractivity (Wildman–Crippen MR) is 120 cm³/mol. The molecule has 11 heteroatoms. The van der Waals surface area contributed by atoms with Crippen molar-refractivity contribution in [1.82, 2.24) is 0 Å². The predicted octanol–water partition coefficient (Wildman–Crippen LogP) is 2.85. The molecule has 0 radical (unpaired) electrons. The van der Waals surface area contributed by atoms with Gasteiger partial charge in [0.05, 0.1) is 24.4 Å². The number of hydrogen-bond acceptors (Lipinski definition) is 10. The fourth-order valence-electron chi connectivity index (χ4n) is 2.37. The van der Waals surface area contributed by atoms with Crippen LogP contribution < -0.4 is 0 Å². The number of ketones is 2. The molecular formula is C22H39AlO10. The van der Waals surface area contributed by atoms with Crippen LogP contribution in [0.4, 0.5) is 0 Å². The van der Waals surface area contributed by atoms with Crippen LogP contribution in [0.15, 0.2) is 0 Å². The van der Waals surface area contributed by atoms with Crippen molar-refractivity contribution >= 4 is 38.3 Å². The van der Waals surface area contributed by atoms with Crippen LogP contribution >= 0.6 is 0 Å². The zero-order valence-corrected chi connectivity index (χ0v) is 22.4. The molecular weight excluding hydrogens is 451 g/mol. The van der Waals surface area contributed by atoms with Crippen LogP contribution in [0.1, 0.15) is 75.2 Å². The molecule has 10 nitrogen and oxygen atoms in total. The van der Waals surface area contributed by atoms with Crippen molar-refractivity contribution in [1.29, 1.82) is 0 Å². The largest absolute Gasteiger partial charge is 0.860 e. The number of hydrogen-bond donors (Lipinski definition) is 0. The highest BCUT2D eigenvalue weighted by molar-refractivity contribution is 6.49.